The molecule has 0 fully saturated rings. The Kier molecular flexibility index (Phi) is 5.88. The van der Waals surface area contributed by atoms with Crippen molar-refractivity contribution in [3.8, 4) is 0 Å². The minimum Gasteiger partial charge on any atom is -0.381 e. The molecule has 0 aliphatic heterocycles. The van der Waals surface area contributed by atoms with E-state index in [0.29, 0.717) is 0 Å². The summed E-state index contributed by atoms with van der Waals surface area (Å²) in [7, 11) is 0. The van der Waals surface area contributed by atoms with Crippen molar-refractivity contribution in [1.29, 1.82) is 0 Å². The van der Waals surface area contributed by atoms with Crippen molar-refractivity contribution >= 4 is 0 Å². The second kappa shape index (κ2) is 7.02. The van der Waals surface area contributed by atoms with Gasteiger partial charge >= 0.3 is 0 Å². The molecule has 0 aromatic carbocycles. The van der Waals surface area contributed by atoms with Crippen molar-refractivity contribution < 1.29 is 4.74 Å². The maximum absolute atomic E-state index is 6.08. The van der Waals surface area contributed by atoms with Crippen LogP contribution < -0.4 is 5.73 Å². The molecular weight excluding hydrogens is 174 g/mol. The highest BCUT2D eigenvalue weighted by atomic mass is 16.5. The smallest absolute Gasteiger partial charge is 0.0483 e. The maximum atomic E-state index is 6.08. The zero-order valence-corrected chi connectivity index (χ0v) is 9.30. The molecule has 0 saturated heterocycles. The van der Waals surface area contributed by atoms with E-state index in [1.54, 1.807) is 0 Å². The largest absolute Gasteiger partial charge is 0.381 e. The van der Waals surface area contributed by atoms with Crippen molar-refractivity contribution in [2.75, 3.05) is 13.2 Å². The molecule has 1 aliphatic rings. The number of ether oxygens (including phenoxy) is 1. The SMILES string of the molecule is CCCOCCC(N)C1=CCCCC1. The van der Waals surface area contributed by atoms with E-state index in [9.17, 15) is 0 Å². The minimum absolute atomic E-state index is 0.243. The fourth-order valence-corrected chi connectivity index (χ4v) is 1.84. The molecule has 1 unspecified atom stereocenters. The van der Waals surface area contributed by atoms with Gasteiger partial charge in [0, 0.05) is 19.3 Å². The van der Waals surface area contributed by atoms with E-state index in [2.05, 4.69) is 13.0 Å². The third-order valence-corrected chi connectivity index (χ3v) is 2.72. The molecule has 0 radical (unpaired) electrons. The first kappa shape index (κ1) is 11.7. The van der Waals surface area contributed by atoms with E-state index in [4.69, 9.17) is 10.5 Å². The Morgan fingerprint density at radius 1 is 1.43 bits per heavy atom. The van der Waals surface area contributed by atoms with Crippen molar-refractivity contribution in [3.63, 3.8) is 0 Å². The summed E-state index contributed by atoms with van der Waals surface area (Å²) in [5, 5.41) is 0. The number of allylic oxidation sites excluding steroid dienone is 1. The predicted octanol–water partition coefficient (Wildman–Crippen LogP) is 2.63. The van der Waals surface area contributed by atoms with Gasteiger partial charge in [-0.15, -0.1) is 0 Å². The van der Waals surface area contributed by atoms with E-state index in [-0.39, 0.29) is 6.04 Å². The highest BCUT2D eigenvalue weighted by molar-refractivity contribution is 5.12. The second-order valence-corrected chi connectivity index (χ2v) is 4.03. The quantitative estimate of drug-likeness (QED) is 0.525. The molecule has 0 amide bonds. The highest BCUT2D eigenvalue weighted by Crippen LogP contribution is 2.20. The van der Waals surface area contributed by atoms with Crippen LogP contribution in [0.5, 0.6) is 0 Å². The van der Waals surface area contributed by atoms with Gasteiger partial charge in [0.05, 0.1) is 0 Å². The maximum Gasteiger partial charge on any atom is 0.0483 e. The van der Waals surface area contributed by atoms with Gasteiger partial charge in [-0.3, -0.25) is 0 Å². The Balaban J connectivity index is 2.13. The Morgan fingerprint density at radius 2 is 2.29 bits per heavy atom. The summed E-state index contributed by atoms with van der Waals surface area (Å²) in [6.45, 7) is 3.81. The lowest BCUT2D eigenvalue weighted by atomic mass is 9.93. The van der Waals surface area contributed by atoms with Gasteiger partial charge in [0.1, 0.15) is 0 Å². The molecule has 82 valence electrons. The van der Waals surface area contributed by atoms with Crippen LogP contribution in [-0.2, 0) is 4.74 Å². The Bertz CT molecular complexity index is 177. The van der Waals surface area contributed by atoms with Crippen LogP contribution in [0.1, 0.15) is 45.4 Å². The van der Waals surface area contributed by atoms with Crippen LogP contribution in [0, 0.1) is 0 Å². The lowest BCUT2D eigenvalue weighted by Gasteiger charge is -2.19. The average Bonchev–Trinajstić information content (AvgIpc) is 2.25. The standard InChI is InChI=1S/C12H23NO/c1-2-9-14-10-8-12(13)11-6-4-3-5-7-11/h6,12H,2-5,7-10,13H2,1H3. The lowest BCUT2D eigenvalue weighted by Crippen LogP contribution is -2.25. The first-order chi connectivity index (χ1) is 6.84. The minimum atomic E-state index is 0.243. The molecule has 2 nitrogen and oxygen atoms in total. The average molecular weight is 197 g/mol. The third-order valence-electron chi connectivity index (χ3n) is 2.72. The molecule has 0 aromatic rings. The second-order valence-electron chi connectivity index (χ2n) is 4.03. The van der Waals surface area contributed by atoms with Crippen LogP contribution >= 0.6 is 0 Å². The van der Waals surface area contributed by atoms with Crippen LogP contribution in [0.15, 0.2) is 11.6 Å². The topological polar surface area (TPSA) is 35.2 Å². The molecule has 0 bridgehead atoms. The first-order valence-corrected chi connectivity index (χ1v) is 5.87. The van der Waals surface area contributed by atoms with E-state index < -0.39 is 0 Å². The first-order valence-electron chi connectivity index (χ1n) is 5.87. The monoisotopic (exact) mass is 197 g/mol. The lowest BCUT2D eigenvalue weighted by molar-refractivity contribution is 0.129. The molecule has 1 rings (SSSR count). The van der Waals surface area contributed by atoms with Crippen LogP contribution in [-0.4, -0.2) is 19.3 Å². The van der Waals surface area contributed by atoms with Crippen LogP contribution in [0.3, 0.4) is 0 Å². The van der Waals surface area contributed by atoms with Gasteiger partial charge in [-0.25, -0.2) is 0 Å². The highest BCUT2D eigenvalue weighted by Gasteiger charge is 2.11. The summed E-state index contributed by atoms with van der Waals surface area (Å²) in [6, 6.07) is 0.243. The molecule has 2 heteroatoms. The van der Waals surface area contributed by atoms with Crippen molar-refractivity contribution in [2.24, 2.45) is 5.73 Å². The summed E-state index contributed by atoms with van der Waals surface area (Å²) < 4.78 is 5.44. The van der Waals surface area contributed by atoms with E-state index in [1.165, 1.54) is 31.3 Å². The Labute approximate surface area is 87.5 Å². The van der Waals surface area contributed by atoms with E-state index >= 15 is 0 Å². The van der Waals surface area contributed by atoms with Gasteiger partial charge < -0.3 is 10.5 Å². The van der Waals surface area contributed by atoms with E-state index in [0.717, 1.165) is 26.1 Å². The zero-order chi connectivity index (χ0) is 10.2. The summed E-state index contributed by atoms with van der Waals surface area (Å²) in [4.78, 5) is 0. The summed E-state index contributed by atoms with van der Waals surface area (Å²) >= 11 is 0. The number of nitrogens with two attached hydrogens (primary N) is 1. The fourth-order valence-electron chi connectivity index (χ4n) is 1.84. The molecule has 0 heterocycles. The summed E-state index contributed by atoms with van der Waals surface area (Å²) in [5.74, 6) is 0. The number of hydrogen-bond donors (Lipinski definition) is 1. The van der Waals surface area contributed by atoms with Crippen LogP contribution in [0.2, 0.25) is 0 Å². The Hall–Kier alpha value is -0.340. The van der Waals surface area contributed by atoms with Crippen LogP contribution in [0.25, 0.3) is 0 Å². The van der Waals surface area contributed by atoms with E-state index in [1.807, 2.05) is 0 Å². The zero-order valence-electron chi connectivity index (χ0n) is 9.30. The van der Waals surface area contributed by atoms with Crippen molar-refractivity contribution in [1.82, 2.24) is 0 Å². The van der Waals surface area contributed by atoms with Crippen LogP contribution in [0.4, 0.5) is 0 Å². The summed E-state index contributed by atoms with van der Waals surface area (Å²) in [5.41, 5.74) is 7.54. The molecule has 0 aromatic heterocycles. The molecule has 1 aliphatic carbocycles. The van der Waals surface area contributed by atoms with Gasteiger partial charge in [0.2, 0.25) is 0 Å². The number of hydrogen-bond acceptors (Lipinski definition) is 2. The molecule has 0 saturated carbocycles. The van der Waals surface area contributed by atoms with Gasteiger partial charge in [0.25, 0.3) is 0 Å². The van der Waals surface area contributed by atoms with Crippen molar-refractivity contribution in [3.05, 3.63) is 11.6 Å². The van der Waals surface area contributed by atoms with Gasteiger partial charge in [-0.1, -0.05) is 18.6 Å². The molecule has 1 atom stereocenters. The van der Waals surface area contributed by atoms with Gasteiger partial charge in [0.15, 0.2) is 0 Å². The fraction of sp³-hybridized carbons (Fsp3) is 0.833. The normalized spacial score (nSPS) is 19.1. The van der Waals surface area contributed by atoms with Gasteiger partial charge in [-0.2, -0.15) is 0 Å². The van der Waals surface area contributed by atoms with Crippen molar-refractivity contribution in [2.45, 2.75) is 51.5 Å². The summed E-state index contributed by atoms with van der Waals surface area (Å²) in [6.07, 6.45) is 9.48. The molecular formula is C12H23NO. The third kappa shape index (κ3) is 4.25. The van der Waals surface area contributed by atoms with Gasteiger partial charge in [-0.05, 0) is 38.5 Å². The molecule has 2 N–H and O–H groups in total. The molecule has 14 heavy (non-hydrogen) atoms. The Morgan fingerprint density at radius 3 is 2.93 bits per heavy atom. The predicted molar refractivity (Wildman–Crippen MR) is 60.3 cm³/mol. The molecule has 0 spiro atoms. The number of rotatable bonds is 6.